The number of benzene rings is 1. The maximum absolute atomic E-state index is 12.2. The van der Waals surface area contributed by atoms with Crippen LogP contribution in [0.1, 0.15) is 6.42 Å². The number of halogens is 3. The molecule has 1 aromatic carbocycles. The highest BCUT2D eigenvalue weighted by molar-refractivity contribution is 5.98. The first-order chi connectivity index (χ1) is 9.30. The number of aliphatic hydroxyl groups excluding tert-OH is 1. The molecule has 1 aromatic rings. The molecule has 20 heavy (non-hydrogen) atoms. The molecular formula is C12H13F3N2O3. The van der Waals surface area contributed by atoms with Gasteiger partial charge in [-0.3, -0.25) is 4.79 Å². The fourth-order valence-corrected chi connectivity index (χ4v) is 2.09. The van der Waals surface area contributed by atoms with Gasteiger partial charge in [-0.05, 0) is 12.1 Å². The molecule has 110 valence electrons. The molecule has 0 radical (unpaired) electrons. The highest BCUT2D eigenvalue weighted by Gasteiger charge is 2.33. The zero-order chi connectivity index (χ0) is 14.9. The summed E-state index contributed by atoms with van der Waals surface area (Å²) >= 11 is 0. The molecule has 1 saturated heterocycles. The molecule has 1 heterocycles. The Hall–Kier alpha value is -1.96. The van der Waals surface area contributed by atoms with Gasteiger partial charge in [0.2, 0.25) is 5.91 Å². The van der Waals surface area contributed by atoms with E-state index in [1.807, 2.05) is 0 Å². The second-order valence-electron chi connectivity index (χ2n) is 4.53. The van der Waals surface area contributed by atoms with Crippen LogP contribution in [0.5, 0.6) is 5.75 Å². The van der Waals surface area contributed by atoms with Gasteiger partial charge < -0.3 is 20.5 Å². The molecule has 3 N–H and O–H groups in total. The molecule has 1 unspecified atom stereocenters. The number of anilines is 2. The number of hydrogen-bond donors (Lipinski definition) is 2. The molecule has 0 aromatic heterocycles. The maximum atomic E-state index is 12.2. The Labute approximate surface area is 112 Å². The third kappa shape index (κ3) is 3.13. The van der Waals surface area contributed by atoms with Crippen LogP contribution in [0.2, 0.25) is 0 Å². The number of nitrogens with zero attached hydrogens (tertiary/aromatic N) is 1. The SMILES string of the molecule is Nc1ccc(OC(F)(F)F)cc1N1CC(CO)CC1=O. The van der Waals surface area contributed by atoms with E-state index in [-0.39, 0.29) is 42.8 Å². The summed E-state index contributed by atoms with van der Waals surface area (Å²) in [6, 6.07) is 3.40. The summed E-state index contributed by atoms with van der Waals surface area (Å²) in [4.78, 5) is 13.1. The Morgan fingerprint density at radius 1 is 1.45 bits per heavy atom. The van der Waals surface area contributed by atoms with Crippen molar-refractivity contribution in [3.05, 3.63) is 18.2 Å². The first kappa shape index (κ1) is 14.4. The molecule has 0 bridgehead atoms. The molecule has 0 aliphatic carbocycles. The van der Waals surface area contributed by atoms with Gasteiger partial charge in [-0.25, -0.2) is 0 Å². The summed E-state index contributed by atoms with van der Waals surface area (Å²) in [6.07, 6.45) is -4.67. The number of hydrogen-bond acceptors (Lipinski definition) is 4. The molecule has 1 atom stereocenters. The van der Waals surface area contributed by atoms with Gasteiger partial charge in [-0.15, -0.1) is 13.2 Å². The predicted octanol–water partition coefficient (Wildman–Crippen LogP) is 1.51. The highest BCUT2D eigenvalue weighted by atomic mass is 19.4. The molecule has 1 aliphatic heterocycles. The monoisotopic (exact) mass is 290 g/mol. The minimum absolute atomic E-state index is 0.139. The average molecular weight is 290 g/mol. The topological polar surface area (TPSA) is 75.8 Å². The van der Waals surface area contributed by atoms with Crippen molar-refractivity contribution in [2.75, 3.05) is 23.8 Å². The predicted molar refractivity (Wildman–Crippen MR) is 65.1 cm³/mol. The van der Waals surface area contributed by atoms with E-state index in [0.717, 1.165) is 12.1 Å². The molecule has 0 saturated carbocycles. The summed E-state index contributed by atoms with van der Waals surface area (Å²) in [5, 5.41) is 9.04. The van der Waals surface area contributed by atoms with Crippen LogP contribution >= 0.6 is 0 Å². The number of alkyl halides is 3. The van der Waals surface area contributed by atoms with E-state index in [1.165, 1.54) is 11.0 Å². The molecule has 8 heteroatoms. The first-order valence-corrected chi connectivity index (χ1v) is 5.86. The lowest BCUT2D eigenvalue weighted by atomic mass is 10.1. The van der Waals surface area contributed by atoms with Crippen molar-refractivity contribution in [1.29, 1.82) is 0 Å². The van der Waals surface area contributed by atoms with Crippen LogP contribution in [0.15, 0.2) is 18.2 Å². The number of rotatable bonds is 3. The third-order valence-corrected chi connectivity index (χ3v) is 2.99. The summed E-state index contributed by atoms with van der Waals surface area (Å²) in [7, 11) is 0. The van der Waals surface area contributed by atoms with E-state index < -0.39 is 12.1 Å². The molecule has 1 amide bonds. The number of nitrogens with two attached hydrogens (primary N) is 1. The highest BCUT2D eigenvalue weighted by Crippen LogP contribution is 2.34. The van der Waals surface area contributed by atoms with Gasteiger partial charge in [0, 0.05) is 31.6 Å². The smallest absolute Gasteiger partial charge is 0.406 e. The Bertz CT molecular complexity index is 519. The van der Waals surface area contributed by atoms with Crippen LogP contribution in [0.25, 0.3) is 0 Å². The molecule has 1 aliphatic rings. The Morgan fingerprint density at radius 3 is 2.70 bits per heavy atom. The van der Waals surface area contributed by atoms with Gasteiger partial charge in [0.05, 0.1) is 11.4 Å². The summed E-state index contributed by atoms with van der Waals surface area (Å²) < 4.78 is 40.3. The fourth-order valence-electron chi connectivity index (χ4n) is 2.09. The Kier molecular flexibility index (Phi) is 3.76. The molecule has 1 fully saturated rings. The maximum Gasteiger partial charge on any atom is 0.573 e. The summed E-state index contributed by atoms with van der Waals surface area (Å²) in [5.74, 6) is -0.976. The van der Waals surface area contributed by atoms with E-state index in [9.17, 15) is 18.0 Å². The summed E-state index contributed by atoms with van der Waals surface area (Å²) in [6.45, 7) is 0.0515. The number of carbonyl (C=O) groups excluding carboxylic acids is 1. The van der Waals surface area contributed by atoms with Gasteiger partial charge in [0.25, 0.3) is 0 Å². The minimum Gasteiger partial charge on any atom is -0.406 e. The standard InChI is InChI=1S/C12H13F3N2O3/c13-12(14,15)20-8-1-2-9(16)10(4-8)17-5-7(6-18)3-11(17)19/h1-2,4,7,18H,3,5-6,16H2. The van der Waals surface area contributed by atoms with Crippen molar-refractivity contribution in [2.24, 2.45) is 5.92 Å². The van der Waals surface area contributed by atoms with Crippen molar-refractivity contribution in [2.45, 2.75) is 12.8 Å². The number of amides is 1. The zero-order valence-electron chi connectivity index (χ0n) is 10.4. The quantitative estimate of drug-likeness (QED) is 0.827. The van der Waals surface area contributed by atoms with Gasteiger partial charge in [0.15, 0.2) is 0 Å². The fraction of sp³-hybridized carbons (Fsp3) is 0.417. The van der Waals surface area contributed by atoms with Gasteiger partial charge in [0.1, 0.15) is 5.75 Å². The lowest BCUT2D eigenvalue weighted by molar-refractivity contribution is -0.274. The minimum atomic E-state index is -4.81. The van der Waals surface area contributed by atoms with Gasteiger partial charge >= 0.3 is 6.36 Å². The third-order valence-electron chi connectivity index (χ3n) is 2.99. The number of ether oxygens (including phenoxy) is 1. The Morgan fingerprint density at radius 2 is 2.15 bits per heavy atom. The number of aliphatic hydroxyl groups is 1. The van der Waals surface area contributed by atoms with Crippen LogP contribution < -0.4 is 15.4 Å². The van der Waals surface area contributed by atoms with Crippen molar-refractivity contribution in [3.8, 4) is 5.75 Å². The van der Waals surface area contributed by atoms with E-state index in [2.05, 4.69) is 4.74 Å². The van der Waals surface area contributed by atoms with Crippen molar-refractivity contribution in [3.63, 3.8) is 0 Å². The second-order valence-corrected chi connectivity index (χ2v) is 4.53. The van der Waals surface area contributed by atoms with Crippen molar-refractivity contribution < 1.29 is 27.8 Å². The van der Waals surface area contributed by atoms with E-state index in [1.54, 1.807) is 0 Å². The lowest BCUT2D eigenvalue weighted by Gasteiger charge is -2.20. The van der Waals surface area contributed by atoms with E-state index in [0.29, 0.717) is 0 Å². The van der Waals surface area contributed by atoms with Crippen LogP contribution in [-0.4, -0.2) is 30.5 Å². The van der Waals surface area contributed by atoms with Crippen molar-refractivity contribution in [1.82, 2.24) is 0 Å². The van der Waals surface area contributed by atoms with Crippen LogP contribution in [-0.2, 0) is 4.79 Å². The molecular weight excluding hydrogens is 277 g/mol. The van der Waals surface area contributed by atoms with Crippen LogP contribution in [0.3, 0.4) is 0 Å². The summed E-state index contributed by atoms with van der Waals surface area (Å²) in [5.41, 5.74) is 6.02. The molecule has 2 rings (SSSR count). The molecule has 0 spiro atoms. The van der Waals surface area contributed by atoms with Crippen LogP contribution in [0, 0.1) is 5.92 Å². The van der Waals surface area contributed by atoms with Crippen molar-refractivity contribution >= 4 is 17.3 Å². The van der Waals surface area contributed by atoms with E-state index in [4.69, 9.17) is 10.8 Å². The van der Waals surface area contributed by atoms with Gasteiger partial charge in [-0.1, -0.05) is 0 Å². The zero-order valence-corrected chi connectivity index (χ0v) is 10.4. The normalized spacial score (nSPS) is 19.5. The molecule has 5 nitrogen and oxygen atoms in total. The largest absolute Gasteiger partial charge is 0.573 e. The van der Waals surface area contributed by atoms with E-state index >= 15 is 0 Å². The van der Waals surface area contributed by atoms with Crippen LogP contribution in [0.4, 0.5) is 24.5 Å². The number of carbonyl (C=O) groups is 1. The average Bonchev–Trinajstić information content (AvgIpc) is 2.71. The lowest BCUT2D eigenvalue weighted by Crippen LogP contribution is -2.26. The second kappa shape index (κ2) is 5.20. The Balaban J connectivity index is 2.27. The van der Waals surface area contributed by atoms with Gasteiger partial charge in [-0.2, -0.15) is 0 Å². The number of nitrogen functional groups attached to an aromatic ring is 1. The first-order valence-electron chi connectivity index (χ1n) is 5.86.